The highest BCUT2D eigenvalue weighted by molar-refractivity contribution is 7.89. The molecule has 1 heterocycles. The van der Waals surface area contributed by atoms with Crippen molar-refractivity contribution in [2.75, 3.05) is 6.54 Å². The van der Waals surface area contributed by atoms with E-state index in [0.29, 0.717) is 12.4 Å². The number of carbonyl (C=O) groups is 1. The summed E-state index contributed by atoms with van der Waals surface area (Å²) in [5, 5.41) is 0.327. The summed E-state index contributed by atoms with van der Waals surface area (Å²) in [6, 6.07) is 16.4. The molecule has 0 amide bonds. The van der Waals surface area contributed by atoms with E-state index in [-0.39, 0.29) is 21.5 Å². The quantitative estimate of drug-likeness (QED) is 0.465. The normalized spacial score (nSPS) is 11.2. The van der Waals surface area contributed by atoms with Gasteiger partial charge >= 0.3 is 5.97 Å². The zero-order chi connectivity index (χ0) is 22.3. The number of halogens is 2. The van der Waals surface area contributed by atoms with Crippen LogP contribution in [0, 0.1) is 0 Å². The summed E-state index contributed by atoms with van der Waals surface area (Å²) in [4.78, 5) is 16.0. The Kier molecular flexibility index (Phi) is 7.86. The molecule has 1 N–H and O–H groups in total. The maximum absolute atomic E-state index is 12.2. The van der Waals surface area contributed by atoms with Crippen LogP contribution in [-0.2, 0) is 32.8 Å². The molecule has 2 aromatic carbocycles. The van der Waals surface area contributed by atoms with Gasteiger partial charge in [-0.15, -0.1) is 0 Å². The summed E-state index contributed by atoms with van der Waals surface area (Å²) in [5.74, 6) is -0.0748. The molecule has 3 rings (SSSR count). The Balaban J connectivity index is 1.45. The number of nitrogens with zero attached hydrogens (tertiary/aromatic N) is 1. The number of pyridine rings is 1. The number of esters is 1. The fraction of sp³-hybridized carbons (Fsp3) is 0.143. The van der Waals surface area contributed by atoms with E-state index >= 15 is 0 Å². The molecule has 3 aromatic rings. The molecule has 162 valence electrons. The lowest BCUT2D eigenvalue weighted by molar-refractivity contribution is -0.143. The van der Waals surface area contributed by atoms with Crippen molar-refractivity contribution in [1.29, 1.82) is 0 Å². The molecule has 31 heavy (non-hydrogen) atoms. The first kappa shape index (κ1) is 23.0. The third kappa shape index (κ3) is 6.93. The number of ether oxygens (including phenoxy) is 2. The van der Waals surface area contributed by atoms with Crippen molar-refractivity contribution in [1.82, 2.24) is 9.71 Å². The molecule has 1 aromatic heterocycles. The van der Waals surface area contributed by atoms with Crippen LogP contribution in [0.1, 0.15) is 11.3 Å². The second-order valence-corrected chi connectivity index (χ2v) is 8.90. The topological polar surface area (TPSA) is 94.6 Å². The fourth-order valence-electron chi connectivity index (χ4n) is 2.42. The zero-order valence-corrected chi connectivity index (χ0v) is 18.5. The van der Waals surface area contributed by atoms with E-state index in [1.807, 2.05) is 18.2 Å². The van der Waals surface area contributed by atoms with E-state index in [2.05, 4.69) is 9.71 Å². The minimum atomic E-state index is -3.93. The number of hydrogen-bond donors (Lipinski definition) is 1. The van der Waals surface area contributed by atoms with Crippen LogP contribution in [-0.4, -0.2) is 25.9 Å². The van der Waals surface area contributed by atoms with Crippen molar-refractivity contribution >= 4 is 39.2 Å². The smallest absolute Gasteiger partial charge is 0.321 e. The van der Waals surface area contributed by atoms with E-state index in [1.54, 1.807) is 30.5 Å². The second-order valence-electron chi connectivity index (χ2n) is 6.31. The number of nitrogens with one attached hydrogen (secondary N) is 1. The van der Waals surface area contributed by atoms with Gasteiger partial charge in [0.15, 0.2) is 0 Å². The Labute approximate surface area is 190 Å². The van der Waals surface area contributed by atoms with Crippen LogP contribution in [0.25, 0.3) is 0 Å². The summed E-state index contributed by atoms with van der Waals surface area (Å²) >= 11 is 11.6. The number of rotatable bonds is 9. The molecule has 0 saturated carbocycles. The molecule has 0 spiro atoms. The van der Waals surface area contributed by atoms with E-state index in [0.717, 1.165) is 11.3 Å². The van der Waals surface area contributed by atoms with Crippen molar-refractivity contribution in [3.8, 4) is 5.75 Å². The van der Waals surface area contributed by atoms with Gasteiger partial charge in [0.1, 0.15) is 25.5 Å². The summed E-state index contributed by atoms with van der Waals surface area (Å²) in [6.45, 7) is -0.185. The van der Waals surface area contributed by atoms with Crippen LogP contribution in [0.4, 0.5) is 0 Å². The Morgan fingerprint density at radius 1 is 0.968 bits per heavy atom. The molecule has 7 nitrogen and oxygen atoms in total. The lowest BCUT2D eigenvalue weighted by atomic mass is 10.2. The first-order chi connectivity index (χ1) is 14.8. The molecular formula is C21H18Cl2N2O5S. The largest absolute Gasteiger partial charge is 0.487 e. The first-order valence-corrected chi connectivity index (χ1v) is 11.3. The number of carbonyl (C=O) groups excluding carboxylic acids is 1. The van der Waals surface area contributed by atoms with Gasteiger partial charge in [-0.2, -0.15) is 4.72 Å². The molecule has 0 aliphatic heterocycles. The van der Waals surface area contributed by atoms with Crippen LogP contribution in [0.3, 0.4) is 0 Å². The molecule has 0 unspecified atom stereocenters. The molecule has 0 radical (unpaired) electrons. The lowest BCUT2D eigenvalue weighted by Gasteiger charge is -2.09. The van der Waals surface area contributed by atoms with Gasteiger partial charge in [-0.05, 0) is 48.0 Å². The minimum Gasteiger partial charge on any atom is -0.487 e. The monoisotopic (exact) mass is 480 g/mol. The van der Waals surface area contributed by atoms with Gasteiger partial charge in [0, 0.05) is 6.20 Å². The molecule has 10 heteroatoms. The molecule has 0 aliphatic carbocycles. The predicted octanol–water partition coefficient (Wildman–Crippen LogP) is 3.99. The number of benzene rings is 2. The van der Waals surface area contributed by atoms with Crippen molar-refractivity contribution in [3.63, 3.8) is 0 Å². The number of sulfonamides is 1. The molecule has 0 bridgehead atoms. The molecular weight excluding hydrogens is 463 g/mol. The minimum absolute atomic E-state index is 0.00610. The SMILES string of the molecule is O=C(CNS(=O)(=O)c1ccc(Cl)c(Cl)c1)OCc1ccc(OCc2ccccn2)cc1. The Morgan fingerprint density at radius 2 is 1.74 bits per heavy atom. The van der Waals surface area contributed by atoms with Crippen molar-refractivity contribution < 1.29 is 22.7 Å². The van der Waals surface area contributed by atoms with Gasteiger partial charge < -0.3 is 9.47 Å². The zero-order valence-electron chi connectivity index (χ0n) is 16.1. The maximum Gasteiger partial charge on any atom is 0.321 e. The summed E-state index contributed by atoms with van der Waals surface area (Å²) in [6.07, 6.45) is 1.70. The summed E-state index contributed by atoms with van der Waals surface area (Å²) in [5.41, 5.74) is 1.54. The number of hydrogen-bond acceptors (Lipinski definition) is 6. The van der Waals surface area contributed by atoms with Gasteiger partial charge in [0.05, 0.1) is 20.6 Å². The van der Waals surface area contributed by atoms with Crippen LogP contribution in [0.2, 0.25) is 10.0 Å². The van der Waals surface area contributed by atoms with Crippen LogP contribution in [0.5, 0.6) is 5.75 Å². The maximum atomic E-state index is 12.2. The van der Waals surface area contributed by atoms with E-state index in [1.165, 1.54) is 18.2 Å². The van der Waals surface area contributed by atoms with Crippen molar-refractivity contribution in [2.45, 2.75) is 18.1 Å². The van der Waals surface area contributed by atoms with Crippen LogP contribution in [0.15, 0.2) is 71.8 Å². The molecule has 0 aliphatic rings. The van der Waals surface area contributed by atoms with E-state index in [9.17, 15) is 13.2 Å². The lowest BCUT2D eigenvalue weighted by Crippen LogP contribution is -2.30. The van der Waals surface area contributed by atoms with Crippen LogP contribution >= 0.6 is 23.2 Å². The molecule has 0 saturated heterocycles. The average molecular weight is 481 g/mol. The second kappa shape index (κ2) is 10.6. The average Bonchev–Trinajstić information content (AvgIpc) is 2.78. The Bertz CT molecular complexity index is 1140. The Hall–Kier alpha value is -2.65. The predicted molar refractivity (Wildman–Crippen MR) is 116 cm³/mol. The highest BCUT2D eigenvalue weighted by Gasteiger charge is 2.17. The van der Waals surface area contributed by atoms with E-state index < -0.39 is 22.5 Å². The fourth-order valence-corrected chi connectivity index (χ4v) is 3.78. The van der Waals surface area contributed by atoms with Crippen LogP contribution < -0.4 is 9.46 Å². The highest BCUT2D eigenvalue weighted by atomic mass is 35.5. The standard InChI is InChI=1S/C21H18Cl2N2O5S/c22-19-9-8-18(11-20(19)23)31(27,28)25-12-21(26)30-13-15-4-6-17(7-5-15)29-14-16-3-1-2-10-24-16/h1-11,25H,12-14H2. The number of aromatic nitrogens is 1. The van der Waals surface area contributed by atoms with Crippen molar-refractivity contribution in [2.24, 2.45) is 0 Å². The third-order valence-electron chi connectivity index (χ3n) is 4.04. The van der Waals surface area contributed by atoms with Gasteiger partial charge in [-0.1, -0.05) is 41.4 Å². The first-order valence-electron chi connectivity index (χ1n) is 9.05. The molecule has 0 fully saturated rings. The van der Waals surface area contributed by atoms with E-state index in [4.69, 9.17) is 32.7 Å². The van der Waals surface area contributed by atoms with Gasteiger partial charge in [0.25, 0.3) is 0 Å². The molecule has 0 atom stereocenters. The summed E-state index contributed by atoms with van der Waals surface area (Å²) in [7, 11) is -3.93. The van der Waals surface area contributed by atoms with Crippen molar-refractivity contribution in [3.05, 3.63) is 88.2 Å². The van der Waals surface area contributed by atoms with Gasteiger partial charge in [0.2, 0.25) is 10.0 Å². The van der Waals surface area contributed by atoms with Gasteiger partial charge in [-0.3, -0.25) is 9.78 Å². The third-order valence-corrected chi connectivity index (χ3v) is 6.18. The highest BCUT2D eigenvalue weighted by Crippen LogP contribution is 2.24. The van der Waals surface area contributed by atoms with Gasteiger partial charge in [-0.25, -0.2) is 8.42 Å². The summed E-state index contributed by atoms with van der Waals surface area (Å²) < 4.78 is 37.4. The Morgan fingerprint density at radius 3 is 2.42 bits per heavy atom.